The molecule has 7 heteroatoms. The largest absolute Gasteiger partial charge is 0.350 e. The summed E-state index contributed by atoms with van der Waals surface area (Å²) in [6.45, 7) is 0.814. The number of nitrogens with one attached hydrogen (secondary N) is 3. The smallest absolute Gasteiger partial charge is 0.240 e. The van der Waals surface area contributed by atoms with Gasteiger partial charge in [-0.05, 0) is 29.9 Å². The van der Waals surface area contributed by atoms with Crippen LogP contribution < -0.4 is 16.0 Å². The van der Waals surface area contributed by atoms with E-state index in [0.29, 0.717) is 19.0 Å². The lowest BCUT2D eigenvalue weighted by molar-refractivity contribution is -0.137. The fourth-order valence-electron chi connectivity index (χ4n) is 3.03. The topological polar surface area (TPSA) is 90.5 Å². The third kappa shape index (κ3) is 4.57. The minimum absolute atomic E-state index is 0.0480. The van der Waals surface area contributed by atoms with Crippen LogP contribution in [0.15, 0.2) is 24.3 Å². The molecule has 25 heavy (non-hydrogen) atoms. The zero-order chi connectivity index (χ0) is 17.8. The summed E-state index contributed by atoms with van der Waals surface area (Å²) < 4.78 is 0. The molecule has 3 amide bonds. The summed E-state index contributed by atoms with van der Waals surface area (Å²) in [7, 11) is 1.62. The van der Waals surface area contributed by atoms with E-state index in [4.69, 9.17) is 0 Å². The van der Waals surface area contributed by atoms with Crippen LogP contribution in [0.3, 0.4) is 0 Å². The molecule has 1 heterocycles. The van der Waals surface area contributed by atoms with Crippen LogP contribution in [0.5, 0.6) is 0 Å². The fraction of sp³-hybridized carbons (Fsp3) is 0.500. The van der Waals surface area contributed by atoms with E-state index in [1.807, 2.05) is 24.3 Å². The van der Waals surface area contributed by atoms with Crippen molar-refractivity contribution in [1.29, 1.82) is 0 Å². The number of likely N-dealkylation sites (N-methyl/N-ethyl adjacent to an activating group) is 1. The third-order valence-electron chi connectivity index (χ3n) is 4.67. The zero-order valence-corrected chi connectivity index (χ0v) is 14.4. The summed E-state index contributed by atoms with van der Waals surface area (Å²) in [6, 6.07) is 7.56. The van der Waals surface area contributed by atoms with Crippen LogP contribution in [0.4, 0.5) is 0 Å². The van der Waals surface area contributed by atoms with Gasteiger partial charge in [0.05, 0.1) is 19.1 Å². The summed E-state index contributed by atoms with van der Waals surface area (Å²) in [6.07, 6.45) is 2.06. The molecule has 1 unspecified atom stereocenters. The van der Waals surface area contributed by atoms with Crippen molar-refractivity contribution < 1.29 is 14.4 Å². The maximum atomic E-state index is 12.7. The number of carbonyl (C=O) groups is 3. The molecule has 0 saturated heterocycles. The van der Waals surface area contributed by atoms with Crippen molar-refractivity contribution in [3.05, 3.63) is 35.4 Å². The van der Waals surface area contributed by atoms with Crippen molar-refractivity contribution in [2.75, 3.05) is 20.1 Å². The van der Waals surface area contributed by atoms with Crippen LogP contribution in [0.25, 0.3) is 0 Å². The van der Waals surface area contributed by atoms with Crippen LogP contribution in [0.2, 0.25) is 0 Å². The lowest BCUT2D eigenvalue weighted by Crippen LogP contribution is -2.50. The highest BCUT2D eigenvalue weighted by Gasteiger charge is 2.37. The van der Waals surface area contributed by atoms with Gasteiger partial charge in [-0.25, -0.2) is 0 Å². The van der Waals surface area contributed by atoms with Gasteiger partial charge in [0.1, 0.15) is 0 Å². The Bertz CT molecular complexity index is 672. The molecule has 0 bridgehead atoms. The Labute approximate surface area is 147 Å². The molecule has 0 spiro atoms. The van der Waals surface area contributed by atoms with Gasteiger partial charge in [-0.2, -0.15) is 0 Å². The van der Waals surface area contributed by atoms with Gasteiger partial charge in [0.2, 0.25) is 17.7 Å². The van der Waals surface area contributed by atoms with E-state index in [1.54, 1.807) is 7.05 Å². The van der Waals surface area contributed by atoms with E-state index in [-0.39, 0.29) is 36.9 Å². The predicted octanol–water partition coefficient (Wildman–Crippen LogP) is -0.241. The SMILES string of the molecule is CN1CC(=O)NCC(=O)NCc2ccccc2CNC(C2CC2)C1=O. The van der Waals surface area contributed by atoms with Crippen molar-refractivity contribution >= 4 is 17.7 Å². The van der Waals surface area contributed by atoms with E-state index in [1.165, 1.54) is 4.90 Å². The zero-order valence-electron chi connectivity index (χ0n) is 14.4. The van der Waals surface area contributed by atoms with Gasteiger partial charge in [-0.3, -0.25) is 14.4 Å². The highest BCUT2D eigenvalue weighted by molar-refractivity contribution is 5.89. The molecule has 1 fully saturated rings. The number of nitrogens with zero attached hydrogens (tertiary/aromatic N) is 1. The number of hydrogen-bond donors (Lipinski definition) is 3. The molecule has 1 atom stereocenters. The molecule has 1 aliphatic heterocycles. The molecule has 134 valence electrons. The first-order valence-corrected chi connectivity index (χ1v) is 8.63. The fourth-order valence-corrected chi connectivity index (χ4v) is 3.03. The summed E-state index contributed by atoms with van der Waals surface area (Å²) in [4.78, 5) is 38.0. The van der Waals surface area contributed by atoms with Gasteiger partial charge < -0.3 is 20.9 Å². The first-order valence-electron chi connectivity index (χ1n) is 8.63. The Hall–Kier alpha value is -2.41. The number of fused-ring (bicyclic) bond motifs is 1. The first kappa shape index (κ1) is 17.4. The van der Waals surface area contributed by atoms with Gasteiger partial charge in [-0.1, -0.05) is 24.3 Å². The van der Waals surface area contributed by atoms with E-state index in [0.717, 1.165) is 24.0 Å². The molecule has 0 radical (unpaired) electrons. The average Bonchev–Trinajstić information content (AvgIpc) is 3.43. The quantitative estimate of drug-likeness (QED) is 0.656. The van der Waals surface area contributed by atoms with Crippen LogP contribution >= 0.6 is 0 Å². The average molecular weight is 344 g/mol. The van der Waals surface area contributed by atoms with Gasteiger partial charge >= 0.3 is 0 Å². The molecule has 1 aliphatic carbocycles. The molecule has 2 aliphatic rings. The second-order valence-electron chi connectivity index (χ2n) is 6.71. The van der Waals surface area contributed by atoms with Crippen molar-refractivity contribution in [3.63, 3.8) is 0 Å². The minimum atomic E-state index is -0.335. The Morgan fingerprint density at radius 1 is 0.920 bits per heavy atom. The third-order valence-corrected chi connectivity index (χ3v) is 4.67. The second-order valence-corrected chi connectivity index (χ2v) is 6.71. The predicted molar refractivity (Wildman–Crippen MR) is 92.3 cm³/mol. The van der Waals surface area contributed by atoms with Gasteiger partial charge in [0.15, 0.2) is 0 Å². The van der Waals surface area contributed by atoms with Crippen molar-refractivity contribution in [2.24, 2.45) is 5.92 Å². The molecule has 1 saturated carbocycles. The standard InChI is InChI=1S/C18H24N4O3/c1-22-11-16(24)20-10-15(23)19-8-13-4-2-3-5-14(13)9-21-17(18(22)25)12-6-7-12/h2-5,12,17,21H,6-11H2,1H3,(H,19,23)(H,20,24). The van der Waals surface area contributed by atoms with Crippen LogP contribution in [-0.4, -0.2) is 48.8 Å². The summed E-state index contributed by atoms with van der Waals surface area (Å²) in [5, 5.41) is 8.74. The highest BCUT2D eigenvalue weighted by atomic mass is 16.2. The van der Waals surface area contributed by atoms with Crippen LogP contribution in [-0.2, 0) is 27.5 Å². The number of rotatable bonds is 1. The summed E-state index contributed by atoms with van der Waals surface area (Å²) in [5.74, 6) is -0.328. The van der Waals surface area contributed by atoms with Gasteiger partial charge in [0.25, 0.3) is 0 Å². The summed E-state index contributed by atoms with van der Waals surface area (Å²) in [5.41, 5.74) is 2.06. The molecular weight excluding hydrogens is 320 g/mol. The van der Waals surface area contributed by atoms with E-state index < -0.39 is 0 Å². The molecule has 7 nitrogen and oxygen atoms in total. The first-order chi connectivity index (χ1) is 12.0. The number of amides is 3. The second kappa shape index (κ2) is 7.65. The normalized spacial score (nSPS) is 23.3. The molecule has 1 aromatic rings. The number of hydrogen-bond acceptors (Lipinski definition) is 4. The Morgan fingerprint density at radius 2 is 1.56 bits per heavy atom. The van der Waals surface area contributed by atoms with Crippen LogP contribution in [0, 0.1) is 5.92 Å². The molecule has 1 aromatic carbocycles. The Morgan fingerprint density at radius 3 is 2.24 bits per heavy atom. The maximum Gasteiger partial charge on any atom is 0.240 e. The van der Waals surface area contributed by atoms with Crippen LogP contribution in [0.1, 0.15) is 24.0 Å². The van der Waals surface area contributed by atoms with E-state index in [9.17, 15) is 14.4 Å². The minimum Gasteiger partial charge on any atom is -0.350 e. The van der Waals surface area contributed by atoms with Gasteiger partial charge in [0, 0.05) is 20.1 Å². The van der Waals surface area contributed by atoms with E-state index >= 15 is 0 Å². The maximum absolute atomic E-state index is 12.7. The Kier molecular flexibility index (Phi) is 5.33. The molecule has 3 N–H and O–H groups in total. The lowest BCUT2D eigenvalue weighted by Gasteiger charge is -2.25. The Balaban J connectivity index is 1.81. The number of carbonyl (C=O) groups excluding carboxylic acids is 3. The van der Waals surface area contributed by atoms with E-state index in [2.05, 4.69) is 16.0 Å². The highest BCUT2D eigenvalue weighted by Crippen LogP contribution is 2.33. The summed E-state index contributed by atoms with van der Waals surface area (Å²) >= 11 is 0. The van der Waals surface area contributed by atoms with Gasteiger partial charge in [-0.15, -0.1) is 0 Å². The van der Waals surface area contributed by atoms with Crippen molar-refractivity contribution in [2.45, 2.75) is 32.0 Å². The van der Waals surface area contributed by atoms with Crippen molar-refractivity contribution in [1.82, 2.24) is 20.9 Å². The lowest BCUT2D eigenvalue weighted by atomic mass is 10.1. The molecule has 0 aromatic heterocycles. The number of benzene rings is 1. The molecule has 3 rings (SSSR count). The molecular formula is C18H24N4O3. The van der Waals surface area contributed by atoms with Crippen molar-refractivity contribution in [3.8, 4) is 0 Å². The monoisotopic (exact) mass is 344 g/mol.